The van der Waals surface area contributed by atoms with Crippen LogP contribution >= 0.6 is 11.3 Å². The Morgan fingerprint density at radius 2 is 2.00 bits per heavy atom. The molecule has 1 fully saturated rings. The Bertz CT molecular complexity index is 656. The van der Waals surface area contributed by atoms with Gasteiger partial charge in [0.1, 0.15) is 5.00 Å². The second-order valence-electron chi connectivity index (χ2n) is 6.82. The van der Waals surface area contributed by atoms with Gasteiger partial charge in [0.05, 0.1) is 25.4 Å². The van der Waals surface area contributed by atoms with Crippen LogP contribution in [0.15, 0.2) is 0 Å². The number of carbonyl (C=O) groups excluding carboxylic acids is 2. The first kappa shape index (κ1) is 20.1. The first-order valence-corrected chi connectivity index (χ1v) is 10.7. The lowest BCUT2D eigenvalue weighted by molar-refractivity contribution is 0.0375. The molecule has 2 heterocycles. The van der Waals surface area contributed by atoms with Crippen LogP contribution in [0.1, 0.15) is 47.0 Å². The number of carbonyl (C=O) groups is 2. The summed E-state index contributed by atoms with van der Waals surface area (Å²) in [5, 5.41) is 6.39. The standard InChI is InChI=1S/C19H29N3O4S/c1-2-26-18(23)16-14-6-3-4-7-15(14)27-17(16)21-19(24)20-8-5-9-22-10-12-25-13-11-22/h2-13H2,1H3,(H2,20,21,24). The smallest absolute Gasteiger partial charge is 0.341 e. The average molecular weight is 396 g/mol. The van der Waals surface area contributed by atoms with E-state index in [-0.39, 0.29) is 12.0 Å². The third-order valence-electron chi connectivity index (χ3n) is 4.92. The SMILES string of the molecule is CCOC(=O)c1c(NC(=O)NCCCN2CCOCC2)sc2c1CCCC2. The van der Waals surface area contributed by atoms with Crippen molar-refractivity contribution in [1.29, 1.82) is 0 Å². The predicted octanol–water partition coefficient (Wildman–Crippen LogP) is 2.65. The van der Waals surface area contributed by atoms with E-state index in [4.69, 9.17) is 9.47 Å². The molecule has 0 atom stereocenters. The number of rotatable bonds is 7. The maximum atomic E-state index is 12.4. The largest absolute Gasteiger partial charge is 0.462 e. The zero-order chi connectivity index (χ0) is 19.1. The Morgan fingerprint density at radius 1 is 1.22 bits per heavy atom. The molecule has 0 unspecified atom stereocenters. The Hall–Kier alpha value is -1.64. The molecule has 2 N–H and O–H groups in total. The minimum atomic E-state index is -0.334. The van der Waals surface area contributed by atoms with Crippen LogP contribution in [0.3, 0.4) is 0 Å². The van der Waals surface area contributed by atoms with E-state index >= 15 is 0 Å². The normalized spacial score (nSPS) is 17.2. The summed E-state index contributed by atoms with van der Waals surface area (Å²) in [4.78, 5) is 28.3. The lowest BCUT2D eigenvalue weighted by Crippen LogP contribution is -2.38. The number of fused-ring (bicyclic) bond motifs is 1. The summed E-state index contributed by atoms with van der Waals surface area (Å²) < 4.78 is 10.6. The summed E-state index contributed by atoms with van der Waals surface area (Å²) >= 11 is 1.51. The summed E-state index contributed by atoms with van der Waals surface area (Å²) in [6.07, 6.45) is 4.93. The highest BCUT2D eigenvalue weighted by molar-refractivity contribution is 7.17. The van der Waals surface area contributed by atoms with Crippen molar-refractivity contribution in [2.75, 3.05) is 51.3 Å². The summed E-state index contributed by atoms with van der Waals surface area (Å²) in [5.41, 5.74) is 1.62. The highest BCUT2D eigenvalue weighted by atomic mass is 32.1. The molecule has 1 aliphatic heterocycles. The molecule has 1 aromatic rings. The lowest BCUT2D eigenvalue weighted by atomic mass is 9.95. The second kappa shape index (κ2) is 10.1. The van der Waals surface area contributed by atoms with Gasteiger partial charge in [0, 0.05) is 24.5 Å². The Balaban J connectivity index is 1.53. The van der Waals surface area contributed by atoms with Crippen LogP contribution in [-0.4, -0.2) is 62.9 Å². The molecule has 8 heteroatoms. The number of esters is 1. The number of ether oxygens (including phenoxy) is 2. The van der Waals surface area contributed by atoms with Crippen LogP contribution in [0.5, 0.6) is 0 Å². The molecule has 0 radical (unpaired) electrons. The van der Waals surface area contributed by atoms with Crippen LogP contribution in [0.2, 0.25) is 0 Å². The predicted molar refractivity (Wildman–Crippen MR) is 106 cm³/mol. The molecule has 1 saturated heterocycles. The fraction of sp³-hybridized carbons (Fsp3) is 0.684. The van der Waals surface area contributed by atoms with Crippen LogP contribution in [0.4, 0.5) is 9.80 Å². The molecule has 7 nitrogen and oxygen atoms in total. The van der Waals surface area contributed by atoms with Crippen LogP contribution < -0.4 is 10.6 Å². The minimum Gasteiger partial charge on any atom is -0.462 e. The van der Waals surface area contributed by atoms with Crippen molar-refractivity contribution in [3.05, 3.63) is 16.0 Å². The number of morpholine rings is 1. The van der Waals surface area contributed by atoms with Crippen LogP contribution in [0.25, 0.3) is 0 Å². The van der Waals surface area contributed by atoms with E-state index < -0.39 is 0 Å². The van der Waals surface area contributed by atoms with Crippen molar-refractivity contribution >= 4 is 28.3 Å². The highest BCUT2D eigenvalue weighted by Crippen LogP contribution is 2.38. The Kier molecular flexibility index (Phi) is 7.49. The molecule has 3 rings (SSSR count). The first-order chi connectivity index (χ1) is 13.2. The second-order valence-corrected chi connectivity index (χ2v) is 7.93. The maximum Gasteiger partial charge on any atom is 0.341 e. The number of amides is 2. The molecule has 2 amide bonds. The van der Waals surface area contributed by atoms with Gasteiger partial charge in [-0.3, -0.25) is 10.2 Å². The lowest BCUT2D eigenvalue weighted by Gasteiger charge is -2.26. The van der Waals surface area contributed by atoms with E-state index in [1.54, 1.807) is 6.92 Å². The molecule has 27 heavy (non-hydrogen) atoms. The van der Waals surface area contributed by atoms with Crippen molar-refractivity contribution in [3.63, 3.8) is 0 Å². The summed E-state index contributed by atoms with van der Waals surface area (Å²) in [6.45, 7) is 7.16. The third-order valence-corrected chi connectivity index (χ3v) is 6.13. The van der Waals surface area contributed by atoms with Gasteiger partial charge >= 0.3 is 12.0 Å². The highest BCUT2D eigenvalue weighted by Gasteiger charge is 2.27. The van der Waals surface area contributed by atoms with E-state index in [1.807, 2.05) is 0 Å². The monoisotopic (exact) mass is 395 g/mol. The van der Waals surface area contributed by atoms with Crippen molar-refractivity contribution in [2.24, 2.45) is 0 Å². The third kappa shape index (κ3) is 5.43. The van der Waals surface area contributed by atoms with Gasteiger partial charge in [-0.15, -0.1) is 11.3 Å². The summed E-state index contributed by atoms with van der Waals surface area (Å²) in [7, 11) is 0. The zero-order valence-electron chi connectivity index (χ0n) is 16.0. The number of aryl methyl sites for hydroxylation is 1. The fourth-order valence-corrected chi connectivity index (χ4v) is 4.82. The van der Waals surface area contributed by atoms with Gasteiger partial charge < -0.3 is 14.8 Å². The van der Waals surface area contributed by atoms with E-state index in [2.05, 4.69) is 15.5 Å². The van der Waals surface area contributed by atoms with Gasteiger partial charge in [-0.2, -0.15) is 0 Å². The van der Waals surface area contributed by atoms with E-state index in [0.717, 1.165) is 70.5 Å². The van der Waals surface area contributed by atoms with Crippen LogP contribution in [0, 0.1) is 0 Å². The molecule has 2 aliphatic rings. The first-order valence-electron chi connectivity index (χ1n) is 9.85. The molecular weight excluding hydrogens is 366 g/mol. The van der Waals surface area contributed by atoms with Gasteiger partial charge in [-0.25, -0.2) is 9.59 Å². The minimum absolute atomic E-state index is 0.263. The zero-order valence-corrected chi connectivity index (χ0v) is 16.8. The quantitative estimate of drug-likeness (QED) is 0.548. The molecule has 0 aromatic carbocycles. The maximum absolute atomic E-state index is 12.4. The van der Waals surface area contributed by atoms with Crippen molar-refractivity contribution < 1.29 is 19.1 Å². The fourth-order valence-electron chi connectivity index (χ4n) is 3.55. The molecular formula is C19H29N3O4S. The number of hydrogen-bond donors (Lipinski definition) is 2. The van der Waals surface area contributed by atoms with Crippen molar-refractivity contribution in [2.45, 2.75) is 39.0 Å². The van der Waals surface area contributed by atoms with Crippen molar-refractivity contribution in [1.82, 2.24) is 10.2 Å². The van der Waals surface area contributed by atoms with Gasteiger partial charge in [0.25, 0.3) is 0 Å². The van der Waals surface area contributed by atoms with Gasteiger partial charge in [-0.05, 0) is 51.1 Å². The summed E-state index contributed by atoms with van der Waals surface area (Å²) in [6, 6.07) is -0.263. The number of urea groups is 1. The summed E-state index contributed by atoms with van der Waals surface area (Å²) in [5.74, 6) is -0.334. The molecule has 1 aromatic heterocycles. The Labute approximate surface area is 164 Å². The van der Waals surface area contributed by atoms with Gasteiger partial charge in [0.15, 0.2) is 0 Å². The van der Waals surface area contributed by atoms with E-state index in [0.29, 0.717) is 23.7 Å². The molecule has 150 valence electrons. The van der Waals surface area contributed by atoms with Crippen LogP contribution in [-0.2, 0) is 22.3 Å². The van der Waals surface area contributed by atoms with Crippen molar-refractivity contribution in [3.8, 4) is 0 Å². The number of hydrogen-bond acceptors (Lipinski definition) is 6. The number of thiophene rings is 1. The van der Waals surface area contributed by atoms with E-state index in [9.17, 15) is 9.59 Å². The van der Waals surface area contributed by atoms with Gasteiger partial charge in [0.2, 0.25) is 0 Å². The van der Waals surface area contributed by atoms with E-state index in [1.165, 1.54) is 16.2 Å². The molecule has 1 aliphatic carbocycles. The van der Waals surface area contributed by atoms with Gasteiger partial charge in [-0.1, -0.05) is 0 Å². The number of nitrogens with one attached hydrogen (secondary N) is 2. The number of nitrogens with zero attached hydrogens (tertiary/aromatic N) is 1. The number of anilines is 1. The Morgan fingerprint density at radius 3 is 2.78 bits per heavy atom. The topological polar surface area (TPSA) is 79.9 Å². The molecule has 0 bridgehead atoms. The molecule has 0 spiro atoms. The average Bonchev–Trinajstić information content (AvgIpc) is 3.04. The molecule has 0 saturated carbocycles.